The summed E-state index contributed by atoms with van der Waals surface area (Å²) in [5.74, 6) is -0.00354. The molecule has 0 saturated heterocycles. The first-order valence-corrected chi connectivity index (χ1v) is 9.45. The number of carbonyl (C=O) groups is 1. The Kier molecular flexibility index (Phi) is 5.79. The lowest BCUT2D eigenvalue weighted by molar-refractivity contribution is 0.102. The molecular formula is C18H18Cl3N5O. The van der Waals surface area contributed by atoms with Gasteiger partial charge in [-0.2, -0.15) is 10.2 Å². The second-order valence-electron chi connectivity index (χ2n) is 6.07. The highest BCUT2D eigenvalue weighted by Crippen LogP contribution is 2.25. The zero-order valence-corrected chi connectivity index (χ0v) is 17.3. The van der Waals surface area contributed by atoms with Gasteiger partial charge in [0, 0.05) is 28.5 Å². The van der Waals surface area contributed by atoms with E-state index in [4.69, 9.17) is 34.8 Å². The molecule has 3 rings (SSSR count). The number of anilines is 1. The largest absolute Gasteiger partial charge is 0.304 e. The lowest BCUT2D eigenvalue weighted by Crippen LogP contribution is -2.15. The molecule has 0 aliphatic heterocycles. The highest BCUT2D eigenvalue weighted by molar-refractivity contribution is 6.35. The fraction of sp³-hybridized carbons (Fsp3) is 0.278. The van der Waals surface area contributed by atoms with E-state index >= 15 is 0 Å². The second kappa shape index (κ2) is 7.92. The number of benzene rings is 1. The van der Waals surface area contributed by atoms with E-state index in [-0.39, 0.29) is 11.7 Å². The van der Waals surface area contributed by atoms with Gasteiger partial charge in [0.25, 0.3) is 5.91 Å². The molecule has 0 atom stereocenters. The Labute approximate surface area is 172 Å². The Morgan fingerprint density at radius 3 is 2.52 bits per heavy atom. The minimum Gasteiger partial charge on any atom is -0.304 e. The molecule has 0 unspecified atom stereocenters. The molecular weight excluding hydrogens is 409 g/mol. The van der Waals surface area contributed by atoms with Gasteiger partial charge >= 0.3 is 0 Å². The third-order valence-corrected chi connectivity index (χ3v) is 5.07. The van der Waals surface area contributed by atoms with Gasteiger partial charge in [0.2, 0.25) is 0 Å². The third kappa shape index (κ3) is 4.13. The SMILES string of the molecule is CCn1nc(C)c(C(=O)Nc2nn(Cc3ccc(Cl)cc3Cl)cc2Cl)c1C. The van der Waals surface area contributed by atoms with Crippen molar-refractivity contribution in [1.82, 2.24) is 19.6 Å². The highest BCUT2D eigenvalue weighted by Gasteiger charge is 2.20. The Bertz CT molecular complexity index is 1010. The topological polar surface area (TPSA) is 64.7 Å². The first kappa shape index (κ1) is 19.7. The maximum Gasteiger partial charge on any atom is 0.260 e. The molecule has 1 amide bonds. The number of hydrogen-bond donors (Lipinski definition) is 1. The summed E-state index contributed by atoms with van der Waals surface area (Å²) in [7, 11) is 0. The van der Waals surface area contributed by atoms with E-state index < -0.39 is 0 Å². The van der Waals surface area contributed by atoms with Crippen molar-refractivity contribution >= 4 is 46.5 Å². The molecule has 0 saturated carbocycles. The predicted octanol–water partition coefficient (Wildman–Crippen LogP) is 4.98. The van der Waals surface area contributed by atoms with E-state index in [9.17, 15) is 4.79 Å². The zero-order chi connectivity index (χ0) is 19.7. The average molecular weight is 427 g/mol. The third-order valence-electron chi connectivity index (χ3n) is 4.20. The van der Waals surface area contributed by atoms with Gasteiger partial charge in [0.05, 0.1) is 17.8 Å². The van der Waals surface area contributed by atoms with E-state index in [0.29, 0.717) is 39.4 Å². The van der Waals surface area contributed by atoms with Crippen LogP contribution in [-0.2, 0) is 13.1 Å². The number of aryl methyl sites for hydroxylation is 2. The number of nitrogens with zero attached hydrogens (tertiary/aromatic N) is 4. The van der Waals surface area contributed by atoms with Crippen LogP contribution >= 0.6 is 34.8 Å². The van der Waals surface area contributed by atoms with Gasteiger partial charge in [-0.3, -0.25) is 14.2 Å². The Balaban J connectivity index is 1.81. The summed E-state index contributed by atoms with van der Waals surface area (Å²) in [4.78, 5) is 12.7. The van der Waals surface area contributed by atoms with Crippen molar-refractivity contribution in [3.05, 3.63) is 62.0 Å². The predicted molar refractivity (Wildman–Crippen MR) is 108 cm³/mol. The summed E-state index contributed by atoms with van der Waals surface area (Å²) in [6, 6.07) is 5.25. The van der Waals surface area contributed by atoms with Gasteiger partial charge in [0.15, 0.2) is 5.82 Å². The van der Waals surface area contributed by atoms with Crippen LogP contribution in [0.2, 0.25) is 15.1 Å². The molecule has 2 aromatic heterocycles. The minimum absolute atomic E-state index is 0.287. The van der Waals surface area contributed by atoms with Crippen LogP contribution in [0.3, 0.4) is 0 Å². The molecule has 0 fully saturated rings. The quantitative estimate of drug-likeness (QED) is 0.626. The molecule has 2 heterocycles. The molecule has 27 heavy (non-hydrogen) atoms. The molecule has 0 bridgehead atoms. The molecule has 6 nitrogen and oxygen atoms in total. The Morgan fingerprint density at radius 2 is 1.89 bits per heavy atom. The van der Waals surface area contributed by atoms with Crippen LogP contribution in [0.4, 0.5) is 5.82 Å². The number of aromatic nitrogens is 4. The van der Waals surface area contributed by atoms with Crippen molar-refractivity contribution in [2.75, 3.05) is 5.32 Å². The lowest BCUT2D eigenvalue weighted by Gasteiger charge is -2.06. The monoisotopic (exact) mass is 425 g/mol. The van der Waals surface area contributed by atoms with Crippen molar-refractivity contribution in [3.8, 4) is 0 Å². The van der Waals surface area contributed by atoms with Crippen molar-refractivity contribution in [2.24, 2.45) is 0 Å². The van der Waals surface area contributed by atoms with E-state index in [0.717, 1.165) is 11.3 Å². The van der Waals surface area contributed by atoms with Crippen molar-refractivity contribution in [2.45, 2.75) is 33.9 Å². The van der Waals surface area contributed by atoms with E-state index in [1.54, 1.807) is 34.6 Å². The van der Waals surface area contributed by atoms with Crippen LogP contribution in [-0.4, -0.2) is 25.5 Å². The highest BCUT2D eigenvalue weighted by atomic mass is 35.5. The van der Waals surface area contributed by atoms with Crippen LogP contribution in [0.15, 0.2) is 24.4 Å². The average Bonchev–Trinajstić information content (AvgIpc) is 3.09. The molecule has 0 aliphatic rings. The van der Waals surface area contributed by atoms with E-state index in [1.165, 1.54) is 0 Å². The van der Waals surface area contributed by atoms with Gasteiger partial charge in [-0.15, -0.1) is 0 Å². The van der Waals surface area contributed by atoms with Crippen LogP contribution in [0.1, 0.15) is 34.2 Å². The molecule has 142 valence electrons. The number of nitrogens with one attached hydrogen (secondary N) is 1. The first-order chi connectivity index (χ1) is 12.8. The van der Waals surface area contributed by atoms with Gasteiger partial charge in [-0.05, 0) is 38.5 Å². The second-order valence-corrected chi connectivity index (χ2v) is 7.33. The lowest BCUT2D eigenvalue weighted by atomic mass is 10.2. The van der Waals surface area contributed by atoms with E-state index in [1.807, 2.05) is 19.9 Å². The van der Waals surface area contributed by atoms with Crippen LogP contribution in [0.5, 0.6) is 0 Å². The molecule has 9 heteroatoms. The molecule has 0 aliphatic carbocycles. The van der Waals surface area contributed by atoms with Gasteiger partial charge in [-0.25, -0.2) is 0 Å². The zero-order valence-electron chi connectivity index (χ0n) is 15.1. The number of carbonyl (C=O) groups excluding carboxylic acids is 1. The number of amides is 1. The van der Waals surface area contributed by atoms with Crippen molar-refractivity contribution < 1.29 is 4.79 Å². The summed E-state index contributed by atoms with van der Waals surface area (Å²) in [6.45, 7) is 6.73. The molecule has 0 radical (unpaired) electrons. The first-order valence-electron chi connectivity index (χ1n) is 8.32. The summed E-state index contributed by atoms with van der Waals surface area (Å²) in [5.41, 5.74) is 2.84. The normalized spacial score (nSPS) is 11.0. The number of rotatable bonds is 5. The Hall–Kier alpha value is -2.02. The Morgan fingerprint density at radius 1 is 1.15 bits per heavy atom. The number of hydrogen-bond acceptors (Lipinski definition) is 3. The van der Waals surface area contributed by atoms with Crippen LogP contribution in [0, 0.1) is 13.8 Å². The summed E-state index contributed by atoms with van der Waals surface area (Å²) in [5, 5.41) is 12.9. The summed E-state index contributed by atoms with van der Waals surface area (Å²) < 4.78 is 3.40. The van der Waals surface area contributed by atoms with Crippen molar-refractivity contribution in [3.63, 3.8) is 0 Å². The minimum atomic E-state index is -0.290. The van der Waals surface area contributed by atoms with Crippen LogP contribution in [0.25, 0.3) is 0 Å². The molecule has 1 aromatic carbocycles. The summed E-state index contributed by atoms with van der Waals surface area (Å²) >= 11 is 18.4. The number of halogens is 3. The standard InChI is InChI=1S/C18H18Cl3N5O/c1-4-26-11(3)16(10(2)23-26)18(27)22-17-15(21)9-25(24-17)8-12-5-6-13(19)7-14(12)20/h5-7,9H,4,8H2,1-3H3,(H,22,24,27). The van der Waals surface area contributed by atoms with E-state index in [2.05, 4.69) is 15.5 Å². The fourth-order valence-corrected chi connectivity index (χ4v) is 3.56. The molecule has 1 N–H and O–H groups in total. The maximum absolute atomic E-state index is 12.7. The fourth-order valence-electron chi connectivity index (χ4n) is 2.89. The van der Waals surface area contributed by atoms with Gasteiger partial charge in [-0.1, -0.05) is 40.9 Å². The van der Waals surface area contributed by atoms with Crippen LogP contribution < -0.4 is 5.32 Å². The van der Waals surface area contributed by atoms with Crippen molar-refractivity contribution in [1.29, 1.82) is 0 Å². The van der Waals surface area contributed by atoms with Gasteiger partial charge in [0.1, 0.15) is 5.02 Å². The molecule has 3 aromatic rings. The smallest absolute Gasteiger partial charge is 0.260 e. The maximum atomic E-state index is 12.7. The summed E-state index contributed by atoms with van der Waals surface area (Å²) in [6.07, 6.45) is 1.64. The molecule has 0 spiro atoms. The van der Waals surface area contributed by atoms with Gasteiger partial charge < -0.3 is 5.32 Å².